The molecule has 0 aromatic carbocycles. The van der Waals surface area contributed by atoms with Crippen LogP contribution in [0, 0.1) is 6.92 Å². The normalized spacial score (nSPS) is 8.86. The van der Waals surface area contributed by atoms with Crippen LogP contribution in [0.15, 0.2) is 12.2 Å². The Balaban J connectivity index is 3.00. The zero-order chi connectivity index (χ0) is 5.70. The number of allylic oxidation sites excluding steroid dienone is 1. The maximum absolute atomic E-state index is 11.4. The minimum Gasteiger partial charge on any atom is -0.246 e. The van der Waals surface area contributed by atoms with Crippen molar-refractivity contribution >= 4 is 0 Å². The van der Waals surface area contributed by atoms with Crippen molar-refractivity contribution in [3.8, 4) is 0 Å². The highest BCUT2D eigenvalue weighted by Crippen LogP contribution is 1.99. The van der Waals surface area contributed by atoms with E-state index in [9.17, 15) is 4.39 Å². The zero-order valence-corrected chi connectivity index (χ0v) is 4.41. The van der Waals surface area contributed by atoms with Crippen LogP contribution < -0.4 is 0 Å². The van der Waals surface area contributed by atoms with E-state index in [2.05, 4.69) is 13.5 Å². The van der Waals surface area contributed by atoms with Crippen molar-refractivity contribution in [3.63, 3.8) is 0 Å². The lowest BCUT2D eigenvalue weighted by atomic mass is 10.2. The fourth-order valence-corrected chi connectivity index (χ4v) is 0.317. The van der Waals surface area contributed by atoms with Gasteiger partial charge in [-0.3, -0.25) is 0 Å². The molecular weight excluding hydrogens is 91.1 g/mol. The molecule has 0 atom stereocenters. The van der Waals surface area contributed by atoms with Gasteiger partial charge in [-0.05, 0) is 18.4 Å². The Morgan fingerprint density at radius 3 is 2.29 bits per heavy atom. The van der Waals surface area contributed by atoms with Crippen LogP contribution in [0.2, 0.25) is 0 Å². The Morgan fingerprint density at radius 2 is 2.14 bits per heavy atom. The summed E-state index contributed by atoms with van der Waals surface area (Å²) in [5.41, 5.74) is 0.648. The van der Waals surface area contributed by atoms with Crippen LogP contribution in [0.5, 0.6) is 0 Å². The van der Waals surface area contributed by atoms with Crippen molar-refractivity contribution in [2.75, 3.05) is 6.67 Å². The summed E-state index contributed by atoms with van der Waals surface area (Å²) in [5.74, 6) is 0. The Hall–Kier alpha value is -0.330. The first-order valence-corrected chi connectivity index (χ1v) is 2.33. The van der Waals surface area contributed by atoms with E-state index in [1.54, 1.807) is 0 Å². The number of halogens is 1. The maximum Gasteiger partial charge on any atom is 0.110 e. The van der Waals surface area contributed by atoms with E-state index in [0.29, 0.717) is 5.57 Å². The second-order valence-electron chi connectivity index (χ2n) is 1.49. The topological polar surface area (TPSA) is 0 Å². The van der Waals surface area contributed by atoms with Gasteiger partial charge in [0.2, 0.25) is 0 Å². The van der Waals surface area contributed by atoms with Crippen LogP contribution in [0.1, 0.15) is 12.8 Å². The molecule has 0 heterocycles. The fourth-order valence-electron chi connectivity index (χ4n) is 0.317. The van der Waals surface area contributed by atoms with Crippen LogP contribution >= 0.6 is 0 Å². The highest BCUT2D eigenvalue weighted by atomic mass is 19.1. The monoisotopic (exact) mass is 101 g/mol. The van der Waals surface area contributed by atoms with E-state index in [1.165, 1.54) is 0 Å². The molecule has 0 nitrogen and oxygen atoms in total. The van der Waals surface area contributed by atoms with Crippen molar-refractivity contribution in [2.45, 2.75) is 12.8 Å². The standard InChI is InChI=1S/C6H10F/c1-3-4-6(2)5-7/h1-5H2. The predicted molar refractivity (Wildman–Crippen MR) is 29.7 cm³/mol. The molecule has 0 aliphatic rings. The molecule has 0 spiro atoms. The molecule has 0 N–H and O–H groups in total. The molecule has 0 unspecified atom stereocenters. The van der Waals surface area contributed by atoms with E-state index in [-0.39, 0.29) is 0 Å². The average Bonchev–Trinajstić information content (AvgIpc) is 1.68. The molecular formula is C6H10F. The Morgan fingerprint density at radius 1 is 1.57 bits per heavy atom. The zero-order valence-electron chi connectivity index (χ0n) is 4.41. The lowest BCUT2D eigenvalue weighted by Gasteiger charge is -1.91. The van der Waals surface area contributed by atoms with Gasteiger partial charge in [0.05, 0.1) is 0 Å². The van der Waals surface area contributed by atoms with Crippen LogP contribution in [-0.4, -0.2) is 6.67 Å². The van der Waals surface area contributed by atoms with Crippen LogP contribution in [0.3, 0.4) is 0 Å². The molecule has 0 rings (SSSR count). The average molecular weight is 101 g/mol. The fraction of sp³-hybridized carbons (Fsp3) is 0.500. The molecule has 0 aromatic heterocycles. The van der Waals surface area contributed by atoms with Gasteiger partial charge in [-0.1, -0.05) is 13.5 Å². The van der Waals surface area contributed by atoms with Crippen molar-refractivity contribution in [2.24, 2.45) is 0 Å². The molecule has 0 saturated heterocycles. The Kier molecular flexibility index (Phi) is 3.67. The number of rotatable bonds is 3. The summed E-state index contributed by atoms with van der Waals surface area (Å²) < 4.78 is 11.4. The van der Waals surface area contributed by atoms with Gasteiger partial charge in [0.1, 0.15) is 6.67 Å². The Bertz CT molecular complexity index is 57.2. The Labute approximate surface area is 44.0 Å². The van der Waals surface area contributed by atoms with Gasteiger partial charge in [0.15, 0.2) is 0 Å². The lowest BCUT2D eigenvalue weighted by molar-refractivity contribution is 0.533. The van der Waals surface area contributed by atoms with Gasteiger partial charge in [-0.2, -0.15) is 0 Å². The second kappa shape index (κ2) is 3.85. The first-order chi connectivity index (χ1) is 3.31. The van der Waals surface area contributed by atoms with Crippen LogP contribution in [0.4, 0.5) is 4.39 Å². The summed E-state index contributed by atoms with van der Waals surface area (Å²) in [5, 5.41) is 0. The molecule has 41 valence electrons. The minimum atomic E-state index is -0.393. The van der Waals surface area contributed by atoms with Crippen LogP contribution in [-0.2, 0) is 0 Å². The first-order valence-electron chi connectivity index (χ1n) is 2.33. The van der Waals surface area contributed by atoms with Crippen LogP contribution in [0.25, 0.3) is 0 Å². The molecule has 0 aromatic rings. The summed E-state index contributed by atoms with van der Waals surface area (Å²) >= 11 is 0. The summed E-state index contributed by atoms with van der Waals surface area (Å²) in [7, 11) is 0. The van der Waals surface area contributed by atoms with Gasteiger partial charge < -0.3 is 0 Å². The quantitative estimate of drug-likeness (QED) is 0.478. The van der Waals surface area contributed by atoms with Crippen molar-refractivity contribution in [1.82, 2.24) is 0 Å². The van der Waals surface area contributed by atoms with E-state index >= 15 is 0 Å². The number of alkyl halides is 1. The van der Waals surface area contributed by atoms with Gasteiger partial charge >= 0.3 is 0 Å². The smallest absolute Gasteiger partial charge is 0.110 e. The molecule has 0 fully saturated rings. The molecule has 0 saturated carbocycles. The van der Waals surface area contributed by atoms with E-state index in [1.807, 2.05) is 0 Å². The van der Waals surface area contributed by atoms with Gasteiger partial charge in [0.25, 0.3) is 0 Å². The molecule has 0 aliphatic heterocycles. The predicted octanol–water partition coefficient (Wildman–Crippen LogP) is 2.13. The highest BCUT2D eigenvalue weighted by Gasteiger charge is 1.86. The molecule has 0 amide bonds. The molecule has 1 radical (unpaired) electrons. The molecule has 1 heteroatoms. The minimum absolute atomic E-state index is 0.393. The van der Waals surface area contributed by atoms with E-state index in [4.69, 9.17) is 0 Å². The lowest BCUT2D eigenvalue weighted by Crippen LogP contribution is -1.79. The summed E-state index contributed by atoms with van der Waals surface area (Å²) in [4.78, 5) is 0. The molecule has 7 heavy (non-hydrogen) atoms. The largest absolute Gasteiger partial charge is 0.246 e. The summed E-state index contributed by atoms with van der Waals surface area (Å²) in [6.07, 6.45) is 1.47. The van der Waals surface area contributed by atoms with Gasteiger partial charge in [0, 0.05) is 0 Å². The third kappa shape index (κ3) is 3.50. The highest BCUT2D eigenvalue weighted by molar-refractivity contribution is 4.93. The van der Waals surface area contributed by atoms with Crippen molar-refractivity contribution in [1.29, 1.82) is 0 Å². The molecule has 0 aliphatic carbocycles. The van der Waals surface area contributed by atoms with Crippen molar-refractivity contribution in [3.05, 3.63) is 19.1 Å². The van der Waals surface area contributed by atoms with E-state index < -0.39 is 6.67 Å². The van der Waals surface area contributed by atoms with E-state index in [0.717, 1.165) is 12.8 Å². The molecule has 0 bridgehead atoms. The summed E-state index contributed by atoms with van der Waals surface area (Å²) in [6.45, 7) is 6.60. The number of hydrogen-bond donors (Lipinski definition) is 0. The number of hydrogen-bond acceptors (Lipinski definition) is 0. The SMILES string of the molecule is [CH2]CCC(=C)CF. The van der Waals surface area contributed by atoms with Crippen molar-refractivity contribution < 1.29 is 4.39 Å². The maximum atomic E-state index is 11.4. The third-order valence-corrected chi connectivity index (χ3v) is 0.719. The third-order valence-electron chi connectivity index (χ3n) is 0.719. The summed E-state index contributed by atoms with van der Waals surface area (Å²) in [6, 6.07) is 0. The van der Waals surface area contributed by atoms with Gasteiger partial charge in [-0.25, -0.2) is 4.39 Å². The second-order valence-corrected chi connectivity index (χ2v) is 1.49. The first kappa shape index (κ1) is 6.67. The van der Waals surface area contributed by atoms with Gasteiger partial charge in [-0.15, -0.1) is 0 Å².